The minimum atomic E-state index is 0.474. The average molecular weight is 147 g/mol. The topological polar surface area (TPSA) is 35.9 Å². The van der Waals surface area contributed by atoms with Crippen LogP contribution in [-0.4, -0.2) is 12.4 Å². The molecule has 0 aliphatic carbocycles. The monoisotopic (exact) mass is 147 g/mol. The van der Waals surface area contributed by atoms with Gasteiger partial charge in [-0.05, 0) is 13.0 Å². The molecule has 1 radical (unpaired) electrons. The van der Waals surface area contributed by atoms with Crippen LogP contribution < -0.4 is 5.32 Å². The van der Waals surface area contributed by atoms with Crippen LogP contribution in [0.1, 0.15) is 12.5 Å². The van der Waals surface area contributed by atoms with Gasteiger partial charge in [0.2, 0.25) is 0 Å². The molecule has 0 fully saturated rings. The van der Waals surface area contributed by atoms with E-state index in [1.54, 1.807) is 12.1 Å². The second-order valence-electron chi connectivity index (χ2n) is 2.19. The summed E-state index contributed by atoms with van der Waals surface area (Å²) in [6.45, 7) is 2.76. The molecule has 0 aliphatic heterocycles. The Morgan fingerprint density at radius 3 is 2.73 bits per heavy atom. The summed E-state index contributed by atoms with van der Waals surface area (Å²) in [5.41, 5.74) is 0.908. The summed E-state index contributed by atoms with van der Waals surface area (Å²) in [5, 5.41) is 10.4. The van der Waals surface area contributed by atoms with E-state index in [1.165, 1.54) is 0 Å². The van der Waals surface area contributed by atoms with Crippen molar-refractivity contribution in [3.63, 3.8) is 0 Å². The summed E-state index contributed by atoms with van der Waals surface area (Å²) in [7, 11) is 0. The highest BCUT2D eigenvalue weighted by atomic mass is 14.9. The van der Waals surface area contributed by atoms with Crippen molar-refractivity contribution in [2.45, 2.75) is 6.92 Å². The van der Waals surface area contributed by atoms with E-state index in [1.807, 2.05) is 19.1 Å². The molecule has 0 aliphatic rings. The fraction of sp³-hybridized carbons (Fsp3) is 0.222. The number of amidine groups is 1. The van der Waals surface area contributed by atoms with Crippen molar-refractivity contribution in [1.29, 1.82) is 5.41 Å². The summed E-state index contributed by atoms with van der Waals surface area (Å²) < 4.78 is 0. The van der Waals surface area contributed by atoms with Crippen LogP contribution in [0.25, 0.3) is 0 Å². The maximum absolute atomic E-state index is 7.50. The zero-order valence-corrected chi connectivity index (χ0v) is 6.52. The number of nitrogens with one attached hydrogen (secondary N) is 2. The van der Waals surface area contributed by atoms with Gasteiger partial charge < -0.3 is 5.32 Å². The molecule has 57 valence electrons. The highest BCUT2D eigenvalue weighted by molar-refractivity contribution is 5.96. The largest absolute Gasteiger partial charge is 0.370 e. The summed E-state index contributed by atoms with van der Waals surface area (Å²) >= 11 is 0. The third-order valence-corrected chi connectivity index (χ3v) is 1.36. The smallest absolute Gasteiger partial charge is 0.125 e. The second kappa shape index (κ2) is 3.76. The molecule has 0 aromatic heterocycles. The van der Waals surface area contributed by atoms with Crippen LogP contribution >= 0.6 is 0 Å². The van der Waals surface area contributed by atoms with Crippen LogP contribution in [-0.2, 0) is 0 Å². The van der Waals surface area contributed by atoms with Crippen molar-refractivity contribution in [3.05, 3.63) is 35.9 Å². The van der Waals surface area contributed by atoms with E-state index in [0.29, 0.717) is 5.84 Å². The van der Waals surface area contributed by atoms with Crippen molar-refractivity contribution in [2.75, 3.05) is 6.54 Å². The van der Waals surface area contributed by atoms with Crippen molar-refractivity contribution in [2.24, 2.45) is 0 Å². The fourth-order valence-electron chi connectivity index (χ4n) is 0.832. The van der Waals surface area contributed by atoms with Gasteiger partial charge in [-0.25, -0.2) is 0 Å². The number of hydrogen-bond donors (Lipinski definition) is 2. The maximum Gasteiger partial charge on any atom is 0.125 e. The lowest BCUT2D eigenvalue weighted by Crippen LogP contribution is -2.22. The third kappa shape index (κ3) is 2.08. The van der Waals surface area contributed by atoms with Gasteiger partial charge >= 0.3 is 0 Å². The van der Waals surface area contributed by atoms with Crippen LogP contribution in [0.3, 0.4) is 0 Å². The summed E-state index contributed by atoms with van der Waals surface area (Å²) in [6, 6.07) is 10.3. The van der Waals surface area contributed by atoms with Gasteiger partial charge in [-0.1, -0.05) is 24.3 Å². The summed E-state index contributed by atoms with van der Waals surface area (Å²) in [5.74, 6) is 0.474. The first-order chi connectivity index (χ1) is 5.34. The van der Waals surface area contributed by atoms with Gasteiger partial charge in [0.05, 0.1) is 0 Å². The Hall–Kier alpha value is -1.31. The maximum atomic E-state index is 7.50. The highest BCUT2D eigenvalue weighted by Gasteiger charge is 1.95. The molecule has 1 rings (SSSR count). The van der Waals surface area contributed by atoms with Gasteiger partial charge in [-0.2, -0.15) is 0 Å². The Bertz CT molecular complexity index is 229. The quantitative estimate of drug-likeness (QED) is 0.481. The molecule has 0 amide bonds. The summed E-state index contributed by atoms with van der Waals surface area (Å²) in [4.78, 5) is 0. The van der Waals surface area contributed by atoms with E-state index >= 15 is 0 Å². The molecule has 0 saturated carbocycles. The molecule has 2 heteroatoms. The molecule has 0 saturated heterocycles. The zero-order chi connectivity index (χ0) is 8.10. The second-order valence-corrected chi connectivity index (χ2v) is 2.19. The van der Waals surface area contributed by atoms with Gasteiger partial charge in [0.25, 0.3) is 0 Å². The zero-order valence-electron chi connectivity index (χ0n) is 6.52. The Morgan fingerprint density at radius 2 is 2.18 bits per heavy atom. The van der Waals surface area contributed by atoms with Gasteiger partial charge in [0.15, 0.2) is 0 Å². The molecule has 0 heterocycles. The van der Waals surface area contributed by atoms with Crippen molar-refractivity contribution < 1.29 is 0 Å². The Morgan fingerprint density at radius 1 is 1.55 bits per heavy atom. The molecule has 0 unspecified atom stereocenters. The van der Waals surface area contributed by atoms with Crippen molar-refractivity contribution >= 4 is 5.84 Å². The van der Waals surface area contributed by atoms with Crippen molar-refractivity contribution in [1.82, 2.24) is 5.32 Å². The lowest BCUT2D eigenvalue weighted by Gasteiger charge is -2.03. The molecular weight excluding hydrogens is 136 g/mol. The van der Waals surface area contributed by atoms with E-state index in [0.717, 1.165) is 12.1 Å². The molecular formula is C9H11N2. The first kappa shape index (κ1) is 7.79. The van der Waals surface area contributed by atoms with Gasteiger partial charge in [0, 0.05) is 12.1 Å². The van der Waals surface area contributed by atoms with Gasteiger partial charge in [0.1, 0.15) is 5.84 Å². The molecule has 1 aromatic carbocycles. The SMILES string of the molecule is CCNC(=N)c1cc[c]cc1. The van der Waals surface area contributed by atoms with Crippen LogP contribution in [0.4, 0.5) is 0 Å². The van der Waals surface area contributed by atoms with Crippen LogP contribution in [0, 0.1) is 11.5 Å². The normalized spacial score (nSPS) is 9.18. The van der Waals surface area contributed by atoms with E-state index < -0.39 is 0 Å². The van der Waals surface area contributed by atoms with Crippen LogP contribution in [0.5, 0.6) is 0 Å². The molecule has 2 N–H and O–H groups in total. The molecule has 2 nitrogen and oxygen atoms in total. The van der Waals surface area contributed by atoms with Crippen molar-refractivity contribution in [3.8, 4) is 0 Å². The van der Waals surface area contributed by atoms with Gasteiger partial charge in [-0.15, -0.1) is 0 Å². The minimum absolute atomic E-state index is 0.474. The number of benzene rings is 1. The molecule has 0 atom stereocenters. The lowest BCUT2D eigenvalue weighted by atomic mass is 10.2. The van der Waals surface area contributed by atoms with Crippen LogP contribution in [0.2, 0.25) is 0 Å². The minimum Gasteiger partial charge on any atom is -0.370 e. The lowest BCUT2D eigenvalue weighted by molar-refractivity contribution is 0.958. The predicted octanol–water partition coefficient (Wildman–Crippen LogP) is 1.42. The molecule has 0 bridgehead atoms. The van der Waals surface area contributed by atoms with E-state index in [2.05, 4.69) is 11.4 Å². The van der Waals surface area contributed by atoms with Crippen LogP contribution in [0.15, 0.2) is 24.3 Å². The molecule has 1 aromatic rings. The predicted molar refractivity (Wildman–Crippen MR) is 45.8 cm³/mol. The fourth-order valence-corrected chi connectivity index (χ4v) is 0.832. The number of rotatable bonds is 2. The average Bonchev–Trinajstić information content (AvgIpc) is 2.07. The Kier molecular flexibility index (Phi) is 2.66. The Balaban J connectivity index is 2.69. The van der Waals surface area contributed by atoms with E-state index in [4.69, 9.17) is 5.41 Å². The standard InChI is InChI=1S/C9H11N2/c1-2-11-9(10)8-6-4-3-5-7-8/h4-7H,2H2,1H3,(H2,10,11). The molecule has 11 heavy (non-hydrogen) atoms. The number of hydrogen-bond acceptors (Lipinski definition) is 1. The van der Waals surface area contributed by atoms with E-state index in [-0.39, 0.29) is 0 Å². The first-order valence-electron chi connectivity index (χ1n) is 3.63. The Labute approximate surface area is 66.8 Å². The summed E-state index contributed by atoms with van der Waals surface area (Å²) in [6.07, 6.45) is 0. The molecule has 0 spiro atoms. The first-order valence-corrected chi connectivity index (χ1v) is 3.63. The highest BCUT2D eigenvalue weighted by Crippen LogP contribution is 1.96. The van der Waals surface area contributed by atoms with E-state index in [9.17, 15) is 0 Å². The third-order valence-electron chi connectivity index (χ3n) is 1.36. The van der Waals surface area contributed by atoms with Gasteiger partial charge in [-0.3, -0.25) is 5.41 Å².